The summed E-state index contributed by atoms with van der Waals surface area (Å²) in [5.41, 5.74) is 10.7. The fourth-order valence-electron chi connectivity index (χ4n) is 3.22. The molecule has 25 heavy (non-hydrogen) atoms. The first kappa shape index (κ1) is 17.3. The van der Waals surface area contributed by atoms with E-state index in [1.165, 1.54) is 0 Å². The number of carbonyl (C=O) groups excluding carboxylic acids is 1. The Morgan fingerprint density at radius 3 is 2.64 bits per heavy atom. The summed E-state index contributed by atoms with van der Waals surface area (Å²) in [6.07, 6.45) is 0. The van der Waals surface area contributed by atoms with E-state index >= 15 is 0 Å². The molecule has 0 aliphatic carbocycles. The average molecular weight is 339 g/mol. The van der Waals surface area contributed by atoms with Crippen LogP contribution in [0.3, 0.4) is 0 Å². The van der Waals surface area contributed by atoms with Crippen LogP contribution in [-0.4, -0.2) is 44.2 Å². The minimum absolute atomic E-state index is 0.0800. The van der Waals surface area contributed by atoms with Crippen molar-refractivity contribution < 1.29 is 9.53 Å². The van der Waals surface area contributed by atoms with E-state index in [0.717, 1.165) is 34.6 Å². The van der Waals surface area contributed by atoms with Gasteiger partial charge in [-0.2, -0.15) is 0 Å². The molecule has 1 amide bonds. The van der Waals surface area contributed by atoms with E-state index in [2.05, 4.69) is 18.0 Å². The number of hydrogen-bond donors (Lipinski definition) is 1. The zero-order chi connectivity index (χ0) is 17.8. The topological polar surface area (TPSA) is 58.8 Å². The van der Waals surface area contributed by atoms with Gasteiger partial charge in [0.2, 0.25) is 0 Å². The van der Waals surface area contributed by atoms with Crippen molar-refractivity contribution in [3.8, 4) is 0 Å². The van der Waals surface area contributed by atoms with Crippen LogP contribution >= 0.6 is 0 Å². The Bertz CT molecular complexity index is 754. The van der Waals surface area contributed by atoms with Gasteiger partial charge in [0.05, 0.1) is 13.2 Å². The van der Waals surface area contributed by atoms with E-state index in [0.29, 0.717) is 26.3 Å². The molecule has 5 heteroatoms. The summed E-state index contributed by atoms with van der Waals surface area (Å²) in [5.74, 6) is 0.0800. The lowest BCUT2D eigenvalue weighted by molar-refractivity contribution is 0.0303. The van der Waals surface area contributed by atoms with Gasteiger partial charge in [0.25, 0.3) is 5.91 Å². The van der Waals surface area contributed by atoms with Crippen LogP contribution in [0.1, 0.15) is 21.5 Å². The lowest BCUT2D eigenvalue weighted by atomic mass is 10.1. The molecule has 1 aliphatic rings. The second-order valence-electron chi connectivity index (χ2n) is 6.51. The van der Waals surface area contributed by atoms with Crippen molar-refractivity contribution in [2.75, 3.05) is 44.0 Å². The number of nitrogens with two attached hydrogens (primary N) is 1. The summed E-state index contributed by atoms with van der Waals surface area (Å²) < 4.78 is 5.32. The lowest BCUT2D eigenvalue weighted by Gasteiger charge is -2.27. The maximum absolute atomic E-state index is 12.6. The lowest BCUT2D eigenvalue weighted by Crippen LogP contribution is -2.40. The number of rotatable bonds is 4. The van der Waals surface area contributed by atoms with Crippen LogP contribution in [-0.2, 0) is 11.3 Å². The van der Waals surface area contributed by atoms with Gasteiger partial charge in [-0.15, -0.1) is 0 Å². The molecule has 0 bridgehead atoms. The third-order valence-electron chi connectivity index (χ3n) is 4.52. The van der Waals surface area contributed by atoms with Gasteiger partial charge in [-0.25, -0.2) is 0 Å². The predicted molar refractivity (Wildman–Crippen MR) is 101 cm³/mol. The summed E-state index contributed by atoms with van der Waals surface area (Å²) in [4.78, 5) is 16.6. The number of amides is 1. The van der Waals surface area contributed by atoms with Crippen molar-refractivity contribution in [1.29, 1.82) is 0 Å². The summed E-state index contributed by atoms with van der Waals surface area (Å²) in [5, 5.41) is 0. The van der Waals surface area contributed by atoms with Crippen LogP contribution in [0.15, 0.2) is 42.5 Å². The predicted octanol–water partition coefficient (Wildman–Crippen LogP) is 2.69. The third kappa shape index (κ3) is 4.12. The molecule has 1 fully saturated rings. The average Bonchev–Trinajstić information content (AvgIpc) is 2.61. The van der Waals surface area contributed by atoms with E-state index in [1.807, 2.05) is 48.2 Å². The van der Waals surface area contributed by atoms with Gasteiger partial charge < -0.3 is 20.3 Å². The molecule has 0 saturated carbocycles. The molecule has 2 N–H and O–H groups in total. The molecule has 0 aromatic heterocycles. The highest BCUT2D eigenvalue weighted by Crippen LogP contribution is 2.23. The van der Waals surface area contributed by atoms with Crippen molar-refractivity contribution in [2.45, 2.75) is 13.5 Å². The van der Waals surface area contributed by atoms with Crippen molar-refractivity contribution in [2.24, 2.45) is 0 Å². The highest BCUT2D eigenvalue weighted by molar-refractivity contribution is 5.95. The van der Waals surface area contributed by atoms with E-state index in [4.69, 9.17) is 10.5 Å². The van der Waals surface area contributed by atoms with Crippen molar-refractivity contribution in [3.05, 3.63) is 59.2 Å². The Morgan fingerprint density at radius 2 is 1.96 bits per heavy atom. The number of carbonyl (C=O) groups is 1. The van der Waals surface area contributed by atoms with Crippen LogP contribution in [0.25, 0.3) is 0 Å². The molecule has 1 heterocycles. The van der Waals surface area contributed by atoms with Crippen LogP contribution in [0.2, 0.25) is 0 Å². The number of ether oxygens (including phenoxy) is 1. The van der Waals surface area contributed by atoms with Crippen molar-refractivity contribution in [3.63, 3.8) is 0 Å². The van der Waals surface area contributed by atoms with Gasteiger partial charge in [-0.3, -0.25) is 4.79 Å². The Morgan fingerprint density at radius 1 is 1.20 bits per heavy atom. The van der Waals surface area contributed by atoms with E-state index in [-0.39, 0.29) is 5.91 Å². The smallest absolute Gasteiger partial charge is 0.254 e. The monoisotopic (exact) mass is 339 g/mol. The first-order chi connectivity index (χ1) is 12.0. The normalized spacial score (nSPS) is 14.4. The van der Waals surface area contributed by atoms with Gasteiger partial charge in [-0.05, 0) is 48.4 Å². The van der Waals surface area contributed by atoms with E-state index in [9.17, 15) is 4.79 Å². The largest absolute Gasteiger partial charge is 0.399 e. The quantitative estimate of drug-likeness (QED) is 0.870. The van der Waals surface area contributed by atoms with Gasteiger partial charge in [0.1, 0.15) is 0 Å². The van der Waals surface area contributed by atoms with Crippen molar-refractivity contribution in [1.82, 2.24) is 4.90 Å². The van der Waals surface area contributed by atoms with E-state index < -0.39 is 0 Å². The molecule has 0 spiro atoms. The molecule has 5 nitrogen and oxygen atoms in total. The molecule has 0 unspecified atom stereocenters. The minimum atomic E-state index is 0.0800. The summed E-state index contributed by atoms with van der Waals surface area (Å²) in [6.45, 7) is 5.37. The Labute approximate surface area is 149 Å². The highest BCUT2D eigenvalue weighted by atomic mass is 16.5. The molecule has 1 aliphatic heterocycles. The molecular weight excluding hydrogens is 314 g/mol. The molecule has 1 saturated heterocycles. The molecular formula is C20H25N3O2. The molecule has 132 valence electrons. The second kappa shape index (κ2) is 7.57. The maximum atomic E-state index is 12.6. The third-order valence-corrected chi connectivity index (χ3v) is 4.52. The second-order valence-corrected chi connectivity index (χ2v) is 6.51. The fraction of sp³-hybridized carbons (Fsp3) is 0.350. The summed E-state index contributed by atoms with van der Waals surface area (Å²) in [7, 11) is 2.05. The number of nitrogens with zero attached hydrogens (tertiary/aromatic N) is 2. The van der Waals surface area contributed by atoms with Crippen LogP contribution in [0.5, 0.6) is 0 Å². The SMILES string of the molecule is Cc1cc(C(=O)N2CCOCC2)ccc1N(C)Cc1cccc(N)c1. The molecule has 0 radical (unpaired) electrons. The first-order valence-corrected chi connectivity index (χ1v) is 8.58. The van der Waals surface area contributed by atoms with E-state index in [1.54, 1.807) is 0 Å². The zero-order valence-electron chi connectivity index (χ0n) is 14.9. The van der Waals surface area contributed by atoms with Gasteiger partial charge in [0.15, 0.2) is 0 Å². The maximum Gasteiger partial charge on any atom is 0.254 e. The van der Waals surface area contributed by atoms with Gasteiger partial charge >= 0.3 is 0 Å². The number of hydrogen-bond acceptors (Lipinski definition) is 4. The Balaban J connectivity index is 1.73. The first-order valence-electron chi connectivity index (χ1n) is 8.58. The standard InChI is InChI=1S/C20H25N3O2/c1-15-12-17(20(24)23-8-10-25-11-9-23)6-7-19(15)22(2)14-16-4-3-5-18(21)13-16/h3-7,12-13H,8-11,14,21H2,1-2H3. The number of aryl methyl sites for hydroxylation is 1. The Kier molecular flexibility index (Phi) is 5.24. The fourth-order valence-corrected chi connectivity index (χ4v) is 3.22. The number of morpholine rings is 1. The number of anilines is 2. The van der Waals surface area contributed by atoms with Crippen molar-refractivity contribution >= 4 is 17.3 Å². The van der Waals surface area contributed by atoms with Crippen LogP contribution in [0.4, 0.5) is 11.4 Å². The van der Waals surface area contributed by atoms with Gasteiger partial charge in [-0.1, -0.05) is 12.1 Å². The molecule has 3 rings (SSSR count). The zero-order valence-corrected chi connectivity index (χ0v) is 14.9. The summed E-state index contributed by atoms with van der Waals surface area (Å²) >= 11 is 0. The highest BCUT2D eigenvalue weighted by Gasteiger charge is 2.19. The number of benzene rings is 2. The van der Waals surface area contributed by atoms with Gasteiger partial charge in [0, 0.05) is 43.6 Å². The van der Waals surface area contributed by atoms with Crippen LogP contribution in [0, 0.1) is 6.92 Å². The Hall–Kier alpha value is -2.53. The summed E-state index contributed by atoms with van der Waals surface area (Å²) in [6, 6.07) is 13.8. The molecule has 0 atom stereocenters. The minimum Gasteiger partial charge on any atom is -0.399 e. The molecule has 2 aromatic rings. The van der Waals surface area contributed by atoms with Crippen LogP contribution < -0.4 is 10.6 Å². The molecule has 2 aromatic carbocycles. The number of nitrogen functional groups attached to an aromatic ring is 1.